The molecule has 2 aromatic carbocycles. The third-order valence-electron chi connectivity index (χ3n) is 11.2. The van der Waals surface area contributed by atoms with Gasteiger partial charge in [-0.2, -0.15) is 11.3 Å². The summed E-state index contributed by atoms with van der Waals surface area (Å²) < 4.78 is 13.8. The van der Waals surface area contributed by atoms with Gasteiger partial charge in [-0.3, -0.25) is 9.78 Å². The number of rotatable bonds is 10. The van der Waals surface area contributed by atoms with Gasteiger partial charge in [-0.15, -0.1) is 23.6 Å². The number of hydrogen-bond donors (Lipinski definition) is 1. The van der Waals surface area contributed by atoms with Crippen LogP contribution in [-0.2, 0) is 36.7 Å². The molecule has 0 amide bonds. The maximum atomic E-state index is 12.2. The van der Waals surface area contributed by atoms with Crippen LogP contribution in [0.2, 0.25) is 0 Å². The van der Waals surface area contributed by atoms with E-state index in [-0.39, 0.29) is 47.9 Å². The van der Waals surface area contributed by atoms with Crippen molar-refractivity contribution in [2.75, 3.05) is 0 Å². The molecule has 8 heteroatoms. The number of aliphatic hydroxyl groups is 1. The summed E-state index contributed by atoms with van der Waals surface area (Å²) in [5, 5.41) is 16.4. The Labute approximate surface area is 326 Å². The molecule has 6 nitrogen and oxygen atoms in total. The Morgan fingerprint density at radius 2 is 1.54 bits per heavy atom. The maximum Gasteiger partial charge on any atom is 0.223 e. The fraction of sp³-hybridized carbons (Fsp3) is 0.477. The number of nitrogens with zero attached hydrogens (tertiary/aromatic N) is 2. The molecule has 6 aromatic rings. The second-order valence-electron chi connectivity index (χ2n) is 16.0. The summed E-state index contributed by atoms with van der Waals surface area (Å²) in [4.78, 5) is 21.4. The van der Waals surface area contributed by atoms with E-state index < -0.39 is 0 Å². The van der Waals surface area contributed by atoms with Gasteiger partial charge in [0.1, 0.15) is 29.0 Å². The quantitative estimate of drug-likeness (QED) is 0.0837. The molecular weight excluding hydrogens is 845 g/mol. The summed E-state index contributed by atoms with van der Waals surface area (Å²) in [6.45, 7) is 25.4. The molecule has 281 valence electrons. The topological polar surface area (TPSA) is 89.4 Å². The molecule has 52 heavy (non-hydrogen) atoms. The fourth-order valence-electron chi connectivity index (χ4n) is 6.52. The van der Waals surface area contributed by atoms with Crippen LogP contribution in [0.25, 0.3) is 54.4 Å². The molecule has 0 atom stereocenters. The molecule has 0 aliphatic heterocycles. The summed E-state index contributed by atoms with van der Waals surface area (Å²) >= 11 is 1.77. The number of aryl methyl sites for hydroxylation is 1. The minimum atomic E-state index is -0.337. The number of ketones is 1. The van der Waals surface area contributed by atoms with Gasteiger partial charge in [0, 0.05) is 65.3 Å². The second kappa shape index (κ2) is 16.0. The van der Waals surface area contributed by atoms with E-state index in [9.17, 15) is 9.90 Å². The Hall–Kier alpha value is -3.32. The summed E-state index contributed by atoms with van der Waals surface area (Å²) in [5.41, 5.74) is 5.95. The van der Waals surface area contributed by atoms with Crippen molar-refractivity contribution in [3.63, 3.8) is 0 Å². The Balaban J connectivity index is 0.000000289. The number of fused-ring (bicyclic) bond motifs is 5. The minimum absolute atomic E-state index is 0. The van der Waals surface area contributed by atoms with E-state index in [4.69, 9.17) is 13.8 Å². The Morgan fingerprint density at radius 1 is 0.923 bits per heavy atom. The number of allylic oxidation sites excluding steroid dienone is 2. The van der Waals surface area contributed by atoms with Gasteiger partial charge in [0.05, 0.1) is 0 Å². The monoisotopic (exact) mass is 900 g/mol. The number of furan rings is 2. The molecular formula is C44H55IrN2O4S-. The molecule has 1 radical (unpaired) electrons. The normalized spacial score (nSPS) is 12.9. The van der Waals surface area contributed by atoms with Crippen molar-refractivity contribution in [1.29, 1.82) is 0 Å². The van der Waals surface area contributed by atoms with Gasteiger partial charge in [0.25, 0.3) is 0 Å². The van der Waals surface area contributed by atoms with Crippen LogP contribution in [-0.4, -0.2) is 20.9 Å². The predicted molar refractivity (Wildman–Crippen MR) is 214 cm³/mol. The molecule has 0 saturated carbocycles. The third kappa shape index (κ3) is 7.95. The van der Waals surface area contributed by atoms with Crippen LogP contribution in [0.3, 0.4) is 0 Å². The number of aliphatic hydroxyl groups excluding tert-OH is 1. The van der Waals surface area contributed by atoms with Gasteiger partial charge in [-0.05, 0) is 71.7 Å². The van der Waals surface area contributed by atoms with Crippen molar-refractivity contribution < 1.29 is 38.8 Å². The Kier molecular flexibility index (Phi) is 12.7. The molecule has 0 unspecified atom stereocenters. The van der Waals surface area contributed by atoms with Crippen LogP contribution < -0.4 is 0 Å². The molecule has 0 aliphatic carbocycles. The number of benzene rings is 2. The maximum absolute atomic E-state index is 12.2. The second-order valence-corrected chi connectivity index (χ2v) is 17.0. The van der Waals surface area contributed by atoms with E-state index in [0.29, 0.717) is 11.6 Å². The molecule has 0 fully saturated rings. The first-order chi connectivity index (χ1) is 24.0. The number of aromatic nitrogens is 2. The molecule has 0 bridgehead atoms. The van der Waals surface area contributed by atoms with Crippen LogP contribution >= 0.6 is 11.3 Å². The van der Waals surface area contributed by atoms with Crippen molar-refractivity contribution in [2.45, 2.75) is 121 Å². The van der Waals surface area contributed by atoms with E-state index in [0.717, 1.165) is 81.8 Å². The average molecular weight is 900 g/mol. The minimum Gasteiger partial charge on any atom is -0.512 e. The van der Waals surface area contributed by atoms with Crippen molar-refractivity contribution in [2.24, 2.45) is 16.7 Å². The molecule has 4 heterocycles. The summed E-state index contributed by atoms with van der Waals surface area (Å²) in [6, 6.07) is 12.2. The van der Waals surface area contributed by atoms with Gasteiger partial charge >= 0.3 is 0 Å². The zero-order valence-corrected chi connectivity index (χ0v) is 36.2. The number of carbonyl (C=O) groups excluding carboxylic acids is 1. The van der Waals surface area contributed by atoms with Gasteiger partial charge < -0.3 is 13.9 Å². The van der Waals surface area contributed by atoms with Crippen molar-refractivity contribution in [3.05, 3.63) is 70.8 Å². The molecule has 6 rings (SSSR count). The molecule has 0 saturated heterocycles. The standard InChI is InChI=1S/C29H27N2O2S.C15H28O2.Ir/c1-15(2)9-22-16(3)19-12-24-20(13-23(19)32-22)25-26(30-14-31-28(25)33-24)18-10-17-7-8-34-27(17)21(11-18)29(4,5)6;1-7-14(5,8-2)12(16)11-13(17)15(6,9-3)10-4;/h7-8,11-15H,9H2,1-6H3;11,16H,7-10H2,1-6H3;/q-1;;/b;12-11-;. The molecule has 4 aromatic heterocycles. The van der Waals surface area contributed by atoms with Crippen molar-refractivity contribution in [1.82, 2.24) is 9.97 Å². The number of carbonyl (C=O) groups is 1. The zero-order chi connectivity index (χ0) is 37.5. The van der Waals surface area contributed by atoms with Crippen molar-refractivity contribution >= 4 is 60.2 Å². The fourth-order valence-corrected chi connectivity index (χ4v) is 7.59. The smallest absolute Gasteiger partial charge is 0.223 e. The summed E-state index contributed by atoms with van der Waals surface area (Å²) in [5.74, 6) is 1.86. The first-order valence-electron chi connectivity index (χ1n) is 18.5. The van der Waals surface area contributed by atoms with Gasteiger partial charge in [-0.1, -0.05) is 87.3 Å². The van der Waals surface area contributed by atoms with Crippen molar-refractivity contribution in [3.8, 4) is 11.3 Å². The Bertz CT molecular complexity index is 2220. The van der Waals surface area contributed by atoms with Crippen LogP contribution in [0.5, 0.6) is 0 Å². The van der Waals surface area contributed by atoms with E-state index in [1.807, 2.05) is 41.5 Å². The largest absolute Gasteiger partial charge is 0.512 e. The van der Waals surface area contributed by atoms with Crippen LogP contribution in [0.4, 0.5) is 0 Å². The SMILES string of the molecule is CCC(C)(CC)C(=O)/C=C(\O)C(C)(CC)CC.Cc1c(CC(C)C)oc2cc3c(cc12)oc1ncnc(-c2[c-]c4ccsc4c(C(C)(C)C)c2)c13.[Ir]. The van der Waals surface area contributed by atoms with Gasteiger partial charge in [0.15, 0.2) is 5.78 Å². The first kappa shape index (κ1) is 41.4. The van der Waals surface area contributed by atoms with Crippen LogP contribution in [0, 0.1) is 29.7 Å². The van der Waals surface area contributed by atoms with E-state index in [1.54, 1.807) is 17.7 Å². The van der Waals surface area contributed by atoms with E-state index >= 15 is 0 Å². The number of hydrogen-bond acceptors (Lipinski definition) is 7. The number of thiophene rings is 1. The first-order valence-corrected chi connectivity index (χ1v) is 19.4. The third-order valence-corrected chi connectivity index (χ3v) is 12.1. The molecule has 1 N–H and O–H groups in total. The van der Waals surface area contributed by atoms with E-state index in [1.165, 1.54) is 21.9 Å². The zero-order valence-electron chi connectivity index (χ0n) is 33.0. The average Bonchev–Trinajstić information content (AvgIpc) is 3.80. The van der Waals surface area contributed by atoms with Gasteiger partial charge in [-0.25, -0.2) is 4.98 Å². The summed E-state index contributed by atoms with van der Waals surface area (Å²) in [7, 11) is 0. The van der Waals surface area contributed by atoms with Gasteiger partial charge in [0.2, 0.25) is 5.71 Å². The Morgan fingerprint density at radius 3 is 2.13 bits per heavy atom. The molecule has 0 aliphatic rings. The van der Waals surface area contributed by atoms with Crippen LogP contribution in [0.1, 0.15) is 119 Å². The van der Waals surface area contributed by atoms with Crippen LogP contribution in [0.15, 0.2) is 56.6 Å². The molecule has 0 spiro atoms. The predicted octanol–water partition coefficient (Wildman–Crippen LogP) is 13.3. The summed E-state index contributed by atoms with van der Waals surface area (Å²) in [6.07, 6.45) is 7.25. The van der Waals surface area contributed by atoms with E-state index in [2.05, 4.69) is 82.2 Å².